The van der Waals surface area contributed by atoms with Crippen LogP contribution >= 0.6 is 0 Å². The Bertz CT molecular complexity index is 165. The smallest absolute Gasteiger partial charge is 0.156 e. The number of Topliss-reactive ketones (excluding diaryl/α,β-unsaturated/α-hetero) is 1. The molecule has 0 radical (unpaired) electrons. The maximum absolute atomic E-state index is 11.1. The molecule has 0 aromatic heterocycles. The predicted molar refractivity (Wildman–Crippen MR) is 40.5 cm³/mol. The Balaban J connectivity index is 2.70. The van der Waals surface area contributed by atoms with Crippen molar-refractivity contribution in [2.24, 2.45) is 5.92 Å². The molecule has 10 heavy (non-hydrogen) atoms. The van der Waals surface area contributed by atoms with Crippen LogP contribution in [0.4, 0.5) is 0 Å². The van der Waals surface area contributed by atoms with Gasteiger partial charge in [-0.15, -0.1) is 0 Å². The van der Waals surface area contributed by atoms with Gasteiger partial charge < -0.3 is 4.90 Å². The second-order valence-electron chi connectivity index (χ2n) is 2.85. The zero-order chi connectivity index (χ0) is 7.72. The van der Waals surface area contributed by atoms with Crippen LogP contribution in [0.1, 0.15) is 13.8 Å². The van der Waals surface area contributed by atoms with Gasteiger partial charge in [-0.1, -0.05) is 13.5 Å². The van der Waals surface area contributed by atoms with Crippen molar-refractivity contribution in [2.45, 2.75) is 19.9 Å². The Kier molecular flexibility index (Phi) is 1.79. The van der Waals surface area contributed by atoms with E-state index in [9.17, 15) is 4.79 Å². The summed E-state index contributed by atoms with van der Waals surface area (Å²) in [5.74, 6) is 0.505. The average molecular weight is 139 g/mol. The minimum atomic E-state index is 0.179. The third-order valence-corrected chi connectivity index (χ3v) is 2.33. The molecule has 1 heterocycles. The Labute approximate surface area is 61.5 Å². The fraction of sp³-hybridized carbons (Fsp3) is 0.625. The highest BCUT2D eigenvalue weighted by atomic mass is 16.1. The summed E-state index contributed by atoms with van der Waals surface area (Å²) in [4.78, 5) is 13.0. The van der Waals surface area contributed by atoms with Crippen molar-refractivity contribution < 1.29 is 4.79 Å². The van der Waals surface area contributed by atoms with E-state index in [-0.39, 0.29) is 5.92 Å². The molecular weight excluding hydrogens is 126 g/mol. The second-order valence-corrected chi connectivity index (χ2v) is 2.85. The van der Waals surface area contributed by atoms with Crippen LogP contribution in [-0.4, -0.2) is 23.3 Å². The van der Waals surface area contributed by atoms with Crippen molar-refractivity contribution >= 4 is 5.78 Å². The molecule has 0 spiro atoms. The molecule has 0 N–H and O–H groups in total. The third kappa shape index (κ3) is 0.939. The van der Waals surface area contributed by atoms with E-state index in [0.29, 0.717) is 18.4 Å². The number of hydrogen-bond donors (Lipinski definition) is 0. The largest absolute Gasteiger partial charge is 0.367 e. The summed E-state index contributed by atoms with van der Waals surface area (Å²) in [6, 6.07) is 0.338. The van der Waals surface area contributed by atoms with E-state index >= 15 is 0 Å². The topological polar surface area (TPSA) is 20.3 Å². The van der Waals surface area contributed by atoms with E-state index in [1.54, 1.807) is 6.20 Å². The summed E-state index contributed by atoms with van der Waals surface area (Å²) >= 11 is 0. The lowest BCUT2D eigenvalue weighted by molar-refractivity contribution is -0.119. The molecule has 56 valence electrons. The summed E-state index contributed by atoms with van der Waals surface area (Å²) in [5.41, 5.74) is 0. The van der Waals surface area contributed by atoms with Gasteiger partial charge in [-0.2, -0.15) is 0 Å². The Morgan fingerprint density at radius 1 is 1.70 bits per heavy atom. The van der Waals surface area contributed by atoms with Gasteiger partial charge in [0.05, 0.1) is 6.54 Å². The monoisotopic (exact) mass is 139 g/mol. The Hall–Kier alpha value is -0.790. The first-order valence-electron chi connectivity index (χ1n) is 3.58. The van der Waals surface area contributed by atoms with Crippen LogP contribution in [0, 0.1) is 5.92 Å². The quantitative estimate of drug-likeness (QED) is 0.541. The molecule has 0 aromatic carbocycles. The molecule has 0 aromatic rings. The van der Waals surface area contributed by atoms with E-state index in [1.165, 1.54) is 0 Å². The summed E-state index contributed by atoms with van der Waals surface area (Å²) in [5, 5.41) is 0. The first kappa shape index (κ1) is 7.32. The highest BCUT2D eigenvalue weighted by Crippen LogP contribution is 2.19. The van der Waals surface area contributed by atoms with Crippen molar-refractivity contribution in [3.05, 3.63) is 12.8 Å². The van der Waals surface area contributed by atoms with Crippen molar-refractivity contribution in [1.82, 2.24) is 4.90 Å². The molecule has 1 fully saturated rings. The van der Waals surface area contributed by atoms with Crippen molar-refractivity contribution in [3.8, 4) is 0 Å². The molecule has 0 saturated carbocycles. The molecule has 1 aliphatic heterocycles. The predicted octanol–water partition coefficient (Wildman–Crippen LogP) is 1.04. The van der Waals surface area contributed by atoms with Crippen molar-refractivity contribution in [3.63, 3.8) is 0 Å². The number of ketones is 1. The standard InChI is InChI=1S/C8H13NO/c1-4-9-5-8(10)6(2)7(9)3/h4,6-7H,1,5H2,2-3H3. The fourth-order valence-corrected chi connectivity index (χ4v) is 1.25. The van der Waals surface area contributed by atoms with E-state index < -0.39 is 0 Å². The molecule has 0 bridgehead atoms. The average Bonchev–Trinajstić information content (AvgIpc) is 2.17. The van der Waals surface area contributed by atoms with Crippen LogP contribution in [0.2, 0.25) is 0 Å². The first-order chi connectivity index (χ1) is 4.66. The molecule has 2 nitrogen and oxygen atoms in total. The zero-order valence-corrected chi connectivity index (χ0v) is 6.50. The number of carbonyl (C=O) groups is 1. The first-order valence-corrected chi connectivity index (χ1v) is 3.58. The molecule has 2 heteroatoms. The van der Waals surface area contributed by atoms with Gasteiger partial charge in [-0.05, 0) is 13.1 Å². The molecule has 1 saturated heterocycles. The van der Waals surface area contributed by atoms with E-state index in [4.69, 9.17) is 0 Å². The van der Waals surface area contributed by atoms with Crippen LogP contribution in [0.25, 0.3) is 0 Å². The lowest BCUT2D eigenvalue weighted by Gasteiger charge is -2.18. The SMILES string of the molecule is C=CN1CC(=O)C(C)C1C. The normalized spacial score (nSPS) is 33.0. The molecular formula is C8H13NO. The minimum Gasteiger partial charge on any atom is -0.367 e. The number of rotatable bonds is 1. The van der Waals surface area contributed by atoms with Gasteiger partial charge in [-0.25, -0.2) is 0 Å². The molecule has 1 aliphatic rings. The van der Waals surface area contributed by atoms with Gasteiger partial charge in [0.15, 0.2) is 5.78 Å². The number of nitrogens with zero attached hydrogens (tertiary/aromatic N) is 1. The van der Waals surface area contributed by atoms with E-state index in [2.05, 4.69) is 13.5 Å². The van der Waals surface area contributed by atoms with Gasteiger partial charge in [0.1, 0.15) is 0 Å². The second kappa shape index (κ2) is 2.45. The Morgan fingerprint density at radius 2 is 2.30 bits per heavy atom. The molecule has 0 aliphatic carbocycles. The summed E-state index contributed by atoms with van der Waals surface area (Å²) in [7, 11) is 0. The minimum absolute atomic E-state index is 0.179. The van der Waals surface area contributed by atoms with Crippen molar-refractivity contribution in [2.75, 3.05) is 6.54 Å². The summed E-state index contributed by atoms with van der Waals surface area (Å²) in [6.45, 7) is 8.20. The maximum Gasteiger partial charge on any atom is 0.156 e. The number of hydrogen-bond acceptors (Lipinski definition) is 2. The van der Waals surface area contributed by atoms with Crippen LogP contribution in [0.15, 0.2) is 12.8 Å². The highest BCUT2D eigenvalue weighted by Gasteiger charge is 2.31. The molecule has 2 atom stereocenters. The maximum atomic E-state index is 11.1. The number of carbonyl (C=O) groups excluding carboxylic acids is 1. The van der Waals surface area contributed by atoms with Crippen LogP contribution in [0.5, 0.6) is 0 Å². The summed E-state index contributed by atoms with van der Waals surface area (Å²) < 4.78 is 0. The lowest BCUT2D eigenvalue weighted by Crippen LogP contribution is -2.23. The molecule has 0 amide bonds. The van der Waals surface area contributed by atoms with Gasteiger partial charge in [-0.3, -0.25) is 4.79 Å². The van der Waals surface area contributed by atoms with Gasteiger partial charge >= 0.3 is 0 Å². The van der Waals surface area contributed by atoms with Crippen molar-refractivity contribution in [1.29, 1.82) is 0 Å². The lowest BCUT2D eigenvalue weighted by atomic mass is 10.0. The zero-order valence-electron chi connectivity index (χ0n) is 6.50. The number of likely N-dealkylation sites (tertiary alicyclic amines) is 1. The fourth-order valence-electron chi connectivity index (χ4n) is 1.25. The Morgan fingerprint density at radius 3 is 2.50 bits per heavy atom. The van der Waals surface area contributed by atoms with Gasteiger partial charge in [0.25, 0.3) is 0 Å². The summed E-state index contributed by atoms with van der Waals surface area (Å²) in [6.07, 6.45) is 1.74. The van der Waals surface area contributed by atoms with E-state index in [0.717, 1.165) is 0 Å². The van der Waals surface area contributed by atoms with Gasteiger partial charge in [0, 0.05) is 12.0 Å². The van der Waals surface area contributed by atoms with Crippen LogP contribution < -0.4 is 0 Å². The van der Waals surface area contributed by atoms with Crippen LogP contribution in [-0.2, 0) is 4.79 Å². The molecule has 2 unspecified atom stereocenters. The molecule has 1 rings (SSSR count). The van der Waals surface area contributed by atoms with E-state index in [1.807, 2.05) is 11.8 Å². The van der Waals surface area contributed by atoms with Crippen LogP contribution in [0.3, 0.4) is 0 Å². The highest BCUT2D eigenvalue weighted by molar-refractivity contribution is 5.85. The third-order valence-electron chi connectivity index (χ3n) is 2.33. The van der Waals surface area contributed by atoms with Gasteiger partial charge in [0.2, 0.25) is 0 Å².